The summed E-state index contributed by atoms with van der Waals surface area (Å²) in [7, 11) is -4.17. The van der Waals surface area contributed by atoms with Gasteiger partial charge >= 0.3 is 14.8 Å². The molecule has 0 heterocycles. The number of amides is 2. The van der Waals surface area contributed by atoms with Gasteiger partial charge in [-0.1, -0.05) is 0 Å². The molecular weight excluding hydrogens is 347 g/mol. The lowest BCUT2D eigenvalue weighted by molar-refractivity contribution is 0.226. The largest absolute Gasteiger partial charge is 0.492 e. The maximum Gasteiger partial charge on any atom is 0.492 e. The van der Waals surface area contributed by atoms with Crippen molar-refractivity contribution < 1.29 is 41.1 Å². The van der Waals surface area contributed by atoms with Gasteiger partial charge in [0.2, 0.25) is 5.82 Å². The summed E-state index contributed by atoms with van der Waals surface area (Å²) >= 11 is 0. The fourth-order valence-corrected chi connectivity index (χ4v) is 2.29. The monoisotopic (exact) mass is 360 g/mol. The molecule has 0 radical (unpaired) electrons. The van der Waals surface area contributed by atoms with Crippen molar-refractivity contribution in [3.63, 3.8) is 0 Å². The molecule has 1 aromatic rings. The maximum absolute atomic E-state index is 13.3. The minimum Gasteiger partial charge on any atom is -0.390 e. The Balaban J connectivity index is 2.59. The van der Waals surface area contributed by atoms with E-state index in [-0.39, 0.29) is 25.4 Å². The smallest absolute Gasteiger partial charge is 0.390 e. The van der Waals surface area contributed by atoms with E-state index in [9.17, 15) is 26.7 Å². The molecule has 2 amide bonds. The third kappa shape index (κ3) is 5.42. The SMILES string of the molecule is O=C(NCCCC[Si](O)(O)O)Nc1c(F)c(F)c(F)c(F)c1F. The number of anilines is 1. The Morgan fingerprint density at radius 2 is 1.35 bits per heavy atom. The van der Waals surface area contributed by atoms with Gasteiger partial charge in [-0.25, -0.2) is 26.7 Å². The van der Waals surface area contributed by atoms with Gasteiger partial charge < -0.3 is 25.0 Å². The second-order valence-corrected chi connectivity index (χ2v) is 6.61. The fraction of sp³-hybridized carbons (Fsp3) is 0.364. The summed E-state index contributed by atoms with van der Waals surface area (Å²) in [6.45, 7) is -0.0916. The number of rotatable bonds is 6. The van der Waals surface area contributed by atoms with Crippen molar-refractivity contribution in [2.24, 2.45) is 0 Å². The first-order valence-corrected chi connectivity index (χ1v) is 8.33. The van der Waals surface area contributed by atoms with Crippen LogP contribution in [-0.2, 0) is 0 Å². The van der Waals surface area contributed by atoms with Gasteiger partial charge in [0.25, 0.3) is 0 Å². The minimum atomic E-state index is -4.17. The molecule has 130 valence electrons. The molecule has 0 saturated carbocycles. The van der Waals surface area contributed by atoms with Gasteiger partial charge in [0.1, 0.15) is 5.69 Å². The number of unbranched alkanes of at least 4 members (excludes halogenated alkanes) is 1. The van der Waals surface area contributed by atoms with Crippen molar-refractivity contribution in [1.29, 1.82) is 0 Å². The van der Waals surface area contributed by atoms with Crippen molar-refractivity contribution in [3.8, 4) is 0 Å². The highest BCUT2D eigenvalue weighted by Gasteiger charge is 2.27. The molecular formula is C11H13F5N2O4Si. The highest BCUT2D eigenvalue weighted by atomic mass is 28.4. The molecule has 0 atom stereocenters. The van der Waals surface area contributed by atoms with E-state index >= 15 is 0 Å². The Kier molecular flexibility index (Phi) is 6.43. The number of carbonyl (C=O) groups excluding carboxylic acids is 1. The van der Waals surface area contributed by atoms with Crippen molar-refractivity contribution >= 4 is 20.5 Å². The number of urea groups is 1. The molecule has 6 nitrogen and oxygen atoms in total. The molecule has 0 unspecified atom stereocenters. The Hall–Kier alpha value is -1.76. The van der Waals surface area contributed by atoms with Crippen molar-refractivity contribution in [1.82, 2.24) is 5.32 Å². The third-order valence-electron chi connectivity index (χ3n) is 2.67. The quantitative estimate of drug-likeness (QED) is 0.173. The van der Waals surface area contributed by atoms with Crippen LogP contribution < -0.4 is 10.6 Å². The Morgan fingerprint density at radius 1 is 0.870 bits per heavy atom. The highest BCUT2D eigenvalue weighted by molar-refractivity contribution is 6.56. The van der Waals surface area contributed by atoms with E-state index < -0.39 is 49.6 Å². The number of hydrogen-bond acceptors (Lipinski definition) is 4. The van der Waals surface area contributed by atoms with E-state index in [0.717, 1.165) is 0 Å². The van der Waals surface area contributed by atoms with Crippen molar-refractivity contribution in [2.75, 3.05) is 11.9 Å². The molecule has 23 heavy (non-hydrogen) atoms. The second kappa shape index (κ2) is 7.67. The van der Waals surface area contributed by atoms with E-state index in [1.807, 2.05) is 0 Å². The van der Waals surface area contributed by atoms with Gasteiger partial charge in [-0.15, -0.1) is 0 Å². The zero-order valence-electron chi connectivity index (χ0n) is 11.5. The molecule has 1 rings (SSSR count). The predicted octanol–water partition coefficient (Wildman–Crippen LogP) is 1.20. The van der Waals surface area contributed by atoms with Gasteiger partial charge in [0, 0.05) is 12.6 Å². The number of carbonyl (C=O) groups is 1. The van der Waals surface area contributed by atoms with E-state index in [2.05, 4.69) is 5.32 Å². The third-order valence-corrected chi connectivity index (χ3v) is 3.70. The molecule has 0 aliphatic carbocycles. The van der Waals surface area contributed by atoms with Crippen molar-refractivity contribution in [3.05, 3.63) is 29.1 Å². The summed E-state index contributed by atoms with van der Waals surface area (Å²) in [6.07, 6.45) is 0.319. The summed E-state index contributed by atoms with van der Waals surface area (Å²) in [5.74, 6) is -11.1. The molecule has 0 bridgehead atoms. The lowest BCUT2D eigenvalue weighted by Gasteiger charge is -2.11. The molecule has 12 heteroatoms. The summed E-state index contributed by atoms with van der Waals surface area (Å²) in [4.78, 5) is 37.5. The predicted molar refractivity (Wildman–Crippen MR) is 69.7 cm³/mol. The summed E-state index contributed by atoms with van der Waals surface area (Å²) < 4.78 is 65.2. The zero-order valence-corrected chi connectivity index (χ0v) is 12.5. The number of hydrogen-bond donors (Lipinski definition) is 5. The van der Waals surface area contributed by atoms with Crippen LogP contribution >= 0.6 is 0 Å². The van der Waals surface area contributed by atoms with Gasteiger partial charge in [0.05, 0.1) is 0 Å². The normalized spacial score (nSPS) is 11.5. The highest BCUT2D eigenvalue weighted by Crippen LogP contribution is 2.26. The Labute approximate surface area is 127 Å². The maximum atomic E-state index is 13.3. The fourth-order valence-electron chi connectivity index (χ4n) is 1.56. The van der Waals surface area contributed by atoms with Crippen LogP contribution in [0.15, 0.2) is 0 Å². The molecule has 0 aliphatic heterocycles. The number of nitrogens with one attached hydrogen (secondary N) is 2. The number of benzene rings is 1. The second-order valence-electron chi connectivity index (χ2n) is 4.56. The summed E-state index contributed by atoms with van der Waals surface area (Å²) in [5, 5.41) is 3.58. The van der Waals surface area contributed by atoms with Gasteiger partial charge in [-0.2, -0.15) is 0 Å². The van der Waals surface area contributed by atoms with Crippen LogP contribution in [0.1, 0.15) is 12.8 Å². The molecule has 0 saturated heterocycles. The van der Waals surface area contributed by atoms with E-state index in [4.69, 9.17) is 14.4 Å². The first-order valence-electron chi connectivity index (χ1n) is 6.28. The van der Waals surface area contributed by atoms with Crippen LogP contribution in [0, 0.1) is 29.1 Å². The average molecular weight is 360 g/mol. The molecule has 0 fully saturated rings. The van der Waals surface area contributed by atoms with Gasteiger partial charge in [0.15, 0.2) is 23.3 Å². The molecule has 0 spiro atoms. The lowest BCUT2D eigenvalue weighted by Crippen LogP contribution is -2.35. The van der Waals surface area contributed by atoms with Crippen LogP contribution in [0.5, 0.6) is 0 Å². The first-order chi connectivity index (χ1) is 10.5. The molecule has 0 aliphatic rings. The van der Waals surface area contributed by atoms with Crippen molar-refractivity contribution in [2.45, 2.75) is 18.9 Å². The van der Waals surface area contributed by atoms with E-state index in [0.29, 0.717) is 0 Å². The van der Waals surface area contributed by atoms with Gasteiger partial charge in [-0.05, 0) is 12.8 Å². The summed E-state index contributed by atoms with van der Waals surface area (Å²) in [5.41, 5.74) is -1.48. The van der Waals surface area contributed by atoms with Crippen LogP contribution in [-0.4, -0.2) is 35.8 Å². The van der Waals surface area contributed by atoms with Crippen LogP contribution in [0.3, 0.4) is 0 Å². The van der Waals surface area contributed by atoms with E-state index in [1.165, 1.54) is 5.32 Å². The molecule has 5 N–H and O–H groups in total. The topological polar surface area (TPSA) is 102 Å². The average Bonchev–Trinajstić information content (AvgIpc) is 2.46. The standard InChI is InChI=1S/C11H13F5N2O4Si/c12-5-6(13)8(15)10(9(16)7(5)14)18-11(19)17-3-1-2-4-23(20,21)22/h20-22H,1-4H2,(H2,17,18,19). The summed E-state index contributed by atoms with van der Waals surface area (Å²) in [6, 6.07) is -1.48. The van der Waals surface area contributed by atoms with Crippen LogP contribution in [0.25, 0.3) is 0 Å². The van der Waals surface area contributed by atoms with Crippen LogP contribution in [0.2, 0.25) is 6.04 Å². The molecule has 0 aromatic heterocycles. The Morgan fingerprint density at radius 3 is 1.83 bits per heavy atom. The minimum absolute atomic E-state index is 0.0916. The first kappa shape index (κ1) is 19.3. The van der Waals surface area contributed by atoms with Crippen LogP contribution in [0.4, 0.5) is 32.4 Å². The lowest BCUT2D eigenvalue weighted by atomic mass is 10.2. The molecule has 1 aromatic carbocycles. The number of halogens is 5. The zero-order chi connectivity index (χ0) is 17.8. The Bertz CT molecular complexity index is 568. The van der Waals surface area contributed by atoms with E-state index in [1.54, 1.807) is 0 Å². The van der Waals surface area contributed by atoms with Gasteiger partial charge in [-0.3, -0.25) is 0 Å².